The summed E-state index contributed by atoms with van der Waals surface area (Å²) in [5.41, 5.74) is 0.727. The molecule has 0 aromatic heterocycles. The van der Waals surface area contributed by atoms with Crippen LogP contribution in [0.2, 0.25) is 13.9 Å². The van der Waals surface area contributed by atoms with Gasteiger partial charge in [0, 0.05) is 0 Å². The molecule has 18 heavy (non-hydrogen) atoms. The Kier molecular flexibility index (Phi) is 5.90. The average Bonchev–Trinajstić information content (AvgIpc) is 2.60. The van der Waals surface area contributed by atoms with Crippen molar-refractivity contribution in [3.8, 4) is 0 Å². The molecule has 1 nitrogen and oxygen atoms in total. The van der Waals surface area contributed by atoms with Crippen molar-refractivity contribution in [1.82, 2.24) is 0 Å². The van der Waals surface area contributed by atoms with E-state index in [0.29, 0.717) is 10.8 Å². The van der Waals surface area contributed by atoms with Crippen LogP contribution in [-0.4, -0.2) is 30.8 Å². The third kappa shape index (κ3) is 2.60. The van der Waals surface area contributed by atoms with E-state index in [1.807, 2.05) is 0 Å². The Bertz CT molecular complexity index is 282. The number of aliphatic hydroxyl groups excluding tert-OH is 1. The summed E-state index contributed by atoms with van der Waals surface area (Å²) in [7, 11) is 0. The summed E-state index contributed by atoms with van der Waals surface area (Å²) in [6.45, 7) is 7.17. The fraction of sp³-hybridized carbons (Fsp3) is 1.00. The molecule has 0 amide bonds. The largest absolute Gasteiger partial charge is 1.00 e. The summed E-state index contributed by atoms with van der Waals surface area (Å²) in [5.74, 6) is 0.801. The average molecular weight is 388 g/mol. The predicted octanol–water partition coefficient (Wildman–Crippen LogP) is 1.10. The Labute approximate surface area is 126 Å². The van der Waals surface area contributed by atoms with Gasteiger partial charge in [-0.25, -0.2) is 0 Å². The molecular weight excluding hydrogens is 359 g/mol. The van der Waals surface area contributed by atoms with Gasteiger partial charge in [0.25, 0.3) is 0 Å². The standard InChI is InChI=1S/C15H29OTe.ClH/c1-5-6-9-17(4)11-15-8-7-12(10-13(15)16)14(15,2)3;/h12-13,16H,5-11H2,1-4H3;1H/q+1;/p-1/t12-,13-,15-;/m1./s1. The Hall–Kier alpha value is 1.04. The van der Waals surface area contributed by atoms with Crippen LogP contribution < -0.4 is 12.4 Å². The zero-order chi connectivity index (χ0) is 12.7. The molecule has 0 aromatic rings. The predicted molar refractivity (Wildman–Crippen MR) is 75.7 cm³/mol. The molecule has 3 atom stereocenters. The van der Waals surface area contributed by atoms with Gasteiger partial charge in [-0.05, 0) is 0 Å². The first-order valence-electron chi connectivity index (χ1n) is 7.21. The van der Waals surface area contributed by atoms with Crippen LogP contribution in [0.15, 0.2) is 0 Å². The number of fused-ring (bicyclic) bond motifs is 2. The Morgan fingerprint density at radius 1 is 1.33 bits per heavy atom. The first-order valence-corrected chi connectivity index (χ1v) is 12.8. The van der Waals surface area contributed by atoms with Crippen LogP contribution in [-0.2, 0) is 0 Å². The van der Waals surface area contributed by atoms with Crippen LogP contribution in [0.5, 0.6) is 0 Å². The molecule has 0 radical (unpaired) electrons. The molecule has 3 heteroatoms. The smallest absolute Gasteiger partial charge is 1.00 e. The SMILES string of the molecule is CCCC[Te+](C)C[C@]12CC[C@H](C[C@H]1O)C2(C)C.[Cl-]. The van der Waals surface area contributed by atoms with Gasteiger partial charge >= 0.3 is 114 Å². The Morgan fingerprint density at radius 2 is 2.00 bits per heavy atom. The van der Waals surface area contributed by atoms with Gasteiger partial charge in [-0.15, -0.1) is 0 Å². The summed E-state index contributed by atoms with van der Waals surface area (Å²) < 4.78 is 2.93. The maximum Gasteiger partial charge on any atom is -1.00 e. The fourth-order valence-corrected chi connectivity index (χ4v) is 11.5. The number of hydrogen-bond acceptors (Lipinski definition) is 1. The first kappa shape index (κ1) is 17.1. The van der Waals surface area contributed by atoms with E-state index < -0.39 is 19.6 Å². The molecule has 2 aliphatic carbocycles. The van der Waals surface area contributed by atoms with Crippen molar-refractivity contribution >= 4 is 19.6 Å². The van der Waals surface area contributed by atoms with E-state index >= 15 is 0 Å². The van der Waals surface area contributed by atoms with Crippen LogP contribution in [0.25, 0.3) is 0 Å². The van der Waals surface area contributed by atoms with Crippen molar-refractivity contribution < 1.29 is 17.5 Å². The van der Waals surface area contributed by atoms with Crippen molar-refractivity contribution in [2.45, 2.75) is 72.9 Å². The molecule has 2 bridgehead atoms. The van der Waals surface area contributed by atoms with Crippen LogP contribution in [0.3, 0.4) is 0 Å². The summed E-state index contributed by atoms with van der Waals surface area (Å²) in [6, 6.07) is 0. The molecule has 2 saturated carbocycles. The monoisotopic (exact) mass is 390 g/mol. The summed E-state index contributed by atoms with van der Waals surface area (Å²) in [6.07, 6.45) is 6.55. The van der Waals surface area contributed by atoms with Gasteiger partial charge in [0.05, 0.1) is 0 Å². The minimum atomic E-state index is -0.923. The van der Waals surface area contributed by atoms with E-state index in [1.54, 1.807) is 0 Å². The second-order valence-corrected chi connectivity index (χ2v) is 13.3. The third-order valence-corrected chi connectivity index (χ3v) is 11.4. The van der Waals surface area contributed by atoms with Gasteiger partial charge in [-0.3, -0.25) is 0 Å². The summed E-state index contributed by atoms with van der Waals surface area (Å²) in [5, 5.41) is 10.5. The maximum atomic E-state index is 10.5. The number of aliphatic hydroxyl groups is 1. The molecular formula is C15H29ClOTe. The van der Waals surface area contributed by atoms with Crippen molar-refractivity contribution in [1.29, 1.82) is 0 Å². The van der Waals surface area contributed by atoms with Gasteiger partial charge in [0.15, 0.2) is 0 Å². The maximum absolute atomic E-state index is 10.5. The zero-order valence-corrected chi connectivity index (χ0v) is 15.4. The summed E-state index contributed by atoms with van der Waals surface area (Å²) >= 11 is -0.923. The topological polar surface area (TPSA) is 20.2 Å². The molecule has 0 aliphatic heterocycles. The molecule has 2 fully saturated rings. The van der Waals surface area contributed by atoms with E-state index in [4.69, 9.17) is 0 Å². The molecule has 0 aromatic carbocycles. The number of halogens is 1. The van der Waals surface area contributed by atoms with Crippen molar-refractivity contribution in [2.24, 2.45) is 16.7 Å². The molecule has 0 heterocycles. The summed E-state index contributed by atoms with van der Waals surface area (Å²) in [4.78, 5) is 2.56. The fourth-order valence-electron chi connectivity index (χ4n) is 4.28. The van der Waals surface area contributed by atoms with Gasteiger partial charge in [-0.2, -0.15) is 0 Å². The molecule has 0 unspecified atom stereocenters. The van der Waals surface area contributed by atoms with Crippen LogP contribution >= 0.6 is 0 Å². The first-order chi connectivity index (χ1) is 7.94. The van der Waals surface area contributed by atoms with Crippen molar-refractivity contribution in [3.05, 3.63) is 0 Å². The van der Waals surface area contributed by atoms with Crippen molar-refractivity contribution in [2.75, 3.05) is 0 Å². The molecule has 0 spiro atoms. The molecule has 0 saturated heterocycles. The zero-order valence-electron chi connectivity index (χ0n) is 12.3. The van der Waals surface area contributed by atoms with E-state index in [1.165, 1.54) is 34.6 Å². The van der Waals surface area contributed by atoms with Gasteiger partial charge in [0.2, 0.25) is 0 Å². The Morgan fingerprint density at radius 3 is 2.44 bits per heavy atom. The van der Waals surface area contributed by atoms with E-state index in [2.05, 4.69) is 25.7 Å². The molecule has 2 rings (SSSR count). The van der Waals surface area contributed by atoms with E-state index in [-0.39, 0.29) is 18.5 Å². The second kappa shape index (κ2) is 6.21. The number of unbranched alkanes of at least 4 members (excludes halogenated alkanes) is 1. The third-order valence-electron chi connectivity index (χ3n) is 5.74. The normalized spacial score (nSPS) is 37.0. The van der Waals surface area contributed by atoms with Crippen LogP contribution in [0.4, 0.5) is 0 Å². The Balaban J connectivity index is 0.00000162. The number of hydrogen-bond donors (Lipinski definition) is 1. The van der Waals surface area contributed by atoms with E-state index in [9.17, 15) is 5.11 Å². The van der Waals surface area contributed by atoms with E-state index in [0.717, 1.165) is 12.3 Å². The van der Waals surface area contributed by atoms with Crippen LogP contribution in [0.1, 0.15) is 52.9 Å². The molecule has 1 N–H and O–H groups in total. The minimum Gasteiger partial charge on any atom is -1.00 e. The molecule has 108 valence electrons. The molecule has 2 aliphatic rings. The minimum absolute atomic E-state index is 0. The quantitative estimate of drug-likeness (QED) is 0.700. The van der Waals surface area contributed by atoms with Crippen LogP contribution in [0, 0.1) is 16.7 Å². The number of rotatable bonds is 5. The van der Waals surface area contributed by atoms with Gasteiger partial charge < -0.3 is 12.4 Å². The van der Waals surface area contributed by atoms with Crippen molar-refractivity contribution in [3.63, 3.8) is 0 Å². The van der Waals surface area contributed by atoms with Gasteiger partial charge in [-0.1, -0.05) is 0 Å². The van der Waals surface area contributed by atoms with Gasteiger partial charge in [0.1, 0.15) is 0 Å². The second-order valence-electron chi connectivity index (χ2n) is 6.85.